The summed E-state index contributed by atoms with van der Waals surface area (Å²) in [5.74, 6) is 1.28. The van der Waals surface area contributed by atoms with Gasteiger partial charge in [0.25, 0.3) is 0 Å². The van der Waals surface area contributed by atoms with Gasteiger partial charge in [-0.1, -0.05) is 23.4 Å². The molecule has 1 unspecified atom stereocenters. The summed E-state index contributed by atoms with van der Waals surface area (Å²) in [6, 6.07) is 8.14. The smallest absolute Gasteiger partial charge is 0.139 e. The topological polar surface area (TPSA) is 79.9 Å². The first kappa shape index (κ1) is 12.7. The molecule has 1 aliphatic heterocycles. The molecule has 0 aromatic heterocycles. The average molecular weight is 249 g/mol. The number of oxime groups is 1. The van der Waals surface area contributed by atoms with Gasteiger partial charge in [-0.25, -0.2) is 0 Å². The quantitative estimate of drug-likeness (QED) is 0.232. The lowest BCUT2D eigenvalue weighted by molar-refractivity contribution is 0.228. The molecule has 0 spiro atoms. The fraction of sp³-hybridized carbons (Fsp3) is 0.462. The molecule has 18 heavy (non-hydrogen) atoms. The molecule has 0 radical (unpaired) electrons. The Hall–Kier alpha value is -1.75. The monoisotopic (exact) mass is 249 g/mol. The van der Waals surface area contributed by atoms with Gasteiger partial charge < -0.3 is 21.0 Å². The van der Waals surface area contributed by atoms with E-state index in [9.17, 15) is 0 Å². The number of nitrogens with zero attached hydrogens (tertiary/aromatic N) is 1. The van der Waals surface area contributed by atoms with Crippen LogP contribution < -0.4 is 15.8 Å². The summed E-state index contributed by atoms with van der Waals surface area (Å²) in [4.78, 5) is 0. The minimum Gasteiger partial charge on any atom is -0.488 e. The Morgan fingerprint density at radius 1 is 1.50 bits per heavy atom. The van der Waals surface area contributed by atoms with Crippen molar-refractivity contribution in [3.05, 3.63) is 29.8 Å². The first-order valence-corrected chi connectivity index (χ1v) is 6.21. The van der Waals surface area contributed by atoms with Crippen molar-refractivity contribution in [1.82, 2.24) is 5.32 Å². The maximum Gasteiger partial charge on any atom is 0.139 e. The Balaban J connectivity index is 1.62. The Morgan fingerprint density at radius 2 is 2.33 bits per heavy atom. The van der Waals surface area contributed by atoms with E-state index < -0.39 is 0 Å². The van der Waals surface area contributed by atoms with Crippen LogP contribution in [0, 0.1) is 0 Å². The zero-order valence-electron chi connectivity index (χ0n) is 10.3. The van der Waals surface area contributed by atoms with E-state index in [1.807, 2.05) is 18.2 Å². The van der Waals surface area contributed by atoms with Crippen molar-refractivity contribution in [3.8, 4) is 5.75 Å². The first-order chi connectivity index (χ1) is 8.79. The van der Waals surface area contributed by atoms with Crippen LogP contribution >= 0.6 is 0 Å². The van der Waals surface area contributed by atoms with Crippen molar-refractivity contribution in [2.75, 3.05) is 13.1 Å². The van der Waals surface area contributed by atoms with Gasteiger partial charge in [0.05, 0.1) is 0 Å². The number of benzene rings is 1. The van der Waals surface area contributed by atoms with Crippen molar-refractivity contribution in [2.45, 2.75) is 25.4 Å². The lowest BCUT2D eigenvalue weighted by atomic mass is 10.1. The molecule has 4 N–H and O–H groups in total. The number of ether oxygens (including phenoxy) is 1. The molecule has 1 aromatic carbocycles. The third kappa shape index (κ3) is 3.37. The standard InChI is InChI=1S/C13H19N3O2/c14-13(16-17)6-3-7-15-9-11-8-10-4-1-2-5-12(10)18-11/h1-2,4-5,11,15,17H,3,6-9H2,(H2,14,16). The summed E-state index contributed by atoms with van der Waals surface area (Å²) in [7, 11) is 0. The number of hydrogen-bond donors (Lipinski definition) is 3. The summed E-state index contributed by atoms with van der Waals surface area (Å²) < 4.78 is 5.80. The second-order valence-electron chi connectivity index (χ2n) is 4.45. The molecule has 1 heterocycles. The van der Waals surface area contributed by atoms with E-state index in [-0.39, 0.29) is 11.9 Å². The van der Waals surface area contributed by atoms with Gasteiger partial charge in [0.15, 0.2) is 0 Å². The summed E-state index contributed by atoms with van der Waals surface area (Å²) in [6.45, 7) is 1.66. The van der Waals surface area contributed by atoms with Crippen LogP contribution in [0.25, 0.3) is 0 Å². The minimum absolute atomic E-state index is 0.214. The molecule has 0 bridgehead atoms. The van der Waals surface area contributed by atoms with Crippen LogP contribution in [-0.4, -0.2) is 30.2 Å². The number of rotatable bonds is 6. The molecular formula is C13H19N3O2. The van der Waals surface area contributed by atoms with Crippen molar-refractivity contribution < 1.29 is 9.94 Å². The van der Waals surface area contributed by atoms with Crippen LogP contribution in [0.15, 0.2) is 29.4 Å². The third-order valence-electron chi connectivity index (χ3n) is 3.00. The number of nitrogens with one attached hydrogen (secondary N) is 1. The molecule has 0 amide bonds. The van der Waals surface area contributed by atoms with Gasteiger partial charge in [-0.3, -0.25) is 0 Å². The summed E-state index contributed by atoms with van der Waals surface area (Å²) in [5.41, 5.74) is 6.66. The summed E-state index contributed by atoms with van der Waals surface area (Å²) in [5, 5.41) is 14.6. The molecule has 1 atom stereocenters. The highest BCUT2D eigenvalue weighted by molar-refractivity contribution is 5.79. The maximum atomic E-state index is 8.39. The van der Waals surface area contributed by atoms with E-state index >= 15 is 0 Å². The number of para-hydroxylation sites is 1. The van der Waals surface area contributed by atoms with E-state index in [0.29, 0.717) is 6.42 Å². The van der Waals surface area contributed by atoms with E-state index in [1.165, 1.54) is 5.56 Å². The molecule has 0 saturated carbocycles. The van der Waals surface area contributed by atoms with E-state index in [1.54, 1.807) is 0 Å². The van der Waals surface area contributed by atoms with E-state index in [2.05, 4.69) is 16.5 Å². The molecule has 5 heteroatoms. The normalized spacial score (nSPS) is 18.4. The number of fused-ring (bicyclic) bond motifs is 1. The average Bonchev–Trinajstić information content (AvgIpc) is 2.80. The Kier molecular flexibility index (Phi) is 4.41. The number of hydrogen-bond acceptors (Lipinski definition) is 4. The number of nitrogens with two attached hydrogens (primary N) is 1. The van der Waals surface area contributed by atoms with E-state index in [4.69, 9.17) is 15.7 Å². The van der Waals surface area contributed by atoms with Crippen molar-refractivity contribution in [2.24, 2.45) is 10.9 Å². The highest BCUT2D eigenvalue weighted by Crippen LogP contribution is 2.27. The van der Waals surface area contributed by atoms with Crippen molar-refractivity contribution in [3.63, 3.8) is 0 Å². The fourth-order valence-corrected chi connectivity index (χ4v) is 2.08. The second-order valence-corrected chi connectivity index (χ2v) is 4.45. The van der Waals surface area contributed by atoms with Crippen LogP contribution in [0.5, 0.6) is 5.75 Å². The van der Waals surface area contributed by atoms with Gasteiger partial charge in [-0.05, 0) is 24.6 Å². The summed E-state index contributed by atoms with van der Waals surface area (Å²) >= 11 is 0. The van der Waals surface area contributed by atoms with Gasteiger partial charge in [0.2, 0.25) is 0 Å². The van der Waals surface area contributed by atoms with Crippen LogP contribution in [0.1, 0.15) is 18.4 Å². The highest BCUT2D eigenvalue weighted by atomic mass is 16.5. The predicted octanol–water partition coefficient (Wildman–Crippen LogP) is 1.11. The molecule has 0 saturated heterocycles. The van der Waals surface area contributed by atoms with Gasteiger partial charge >= 0.3 is 0 Å². The highest BCUT2D eigenvalue weighted by Gasteiger charge is 2.21. The van der Waals surface area contributed by atoms with Gasteiger partial charge in [-0.15, -0.1) is 0 Å². The summed E-state index contributed by atoms with van der Waals surface area (Å²) in [6.07, 6.45) is 2.64. The molecule has 5 nitrogen and oxygen atoms in total. The second kappa shape index (κ2) is 6.26. The molecule has 2 rings (SSSR count). The lowest BCUT2D eigenvalue weighted by Gasteiger charge is -2.11. The lowest BCUT2D eigenvalue weighted by Crippen LogP contribution is -2.31. The molecular weight excluding hydrogens is 230 g/mol. The zero-order valence-corrected chi connectivity index (χ0v) is 10.3. The molecule has 0 fully saturated rings. The molecule has 1 aliphatic rings. The van der Waals surface area contributed by atoms with Gasteiger partial charge in [0, 0.05) is 19.4 Å². The van der Waals surface area contributed by atoms with Crippen molar-refractivity contribution >= 4 is 5.84 Å². The SMILES string of the molecule is NC(CCCNCC1Cc2ccccc2O1)=NO. The van der Waals surface area contributed by atoms with Crippen LogP contribution in [0.4, 0.5) is 0 Å². The third-order valence-corrected chi connectivity index (χ3v) is 3.00. The van der Waals surface area contributed by atoms with Crippen molar-refractivity contribution in [1.29, 1.82) is 0 Å². The minimum atomic E-state index is 0.214. The molecule has 98 valence electrons. The van der Waals surface area contributed by atoms with Gasteiger partial charge in [0.1, 0.15) is 17.7 Å². The molecule has 0 aliphatic carbocycles. The zero-order chi connectivity index (χ0) is 12.8. The van der Waals surface area contributed by atoms with Crippen LogP contribution in [0.3, 0.4) is 0 Å². The molecule has 1 aromatic rings. The van der Waals surface area contributed by atoms with Crippen LogP contribution in [-0.2, 0) is 6.42 Å². The Bertz CT molecular complexity index is 395. The Morgan fingerprint density at radius 3 is 3.11 bits per heavy atom. The largest absolute Gasteiger partial charge is 0.488 e. The maximum absolute atomic E-state index is 8.39. The number of amidine groups is 1. The first-order valence-electron chi connectivity index (χ1n) is 6.21. The van der Waals surface area contributed by atoms with Gasteiger partial charge in [-0.2, -0.15) is 0 Å². The fourth-order valence-electron chi connectivity index (χ4n) is 2.08. The van der Waals surface area contributed by atoms with Crippen LogP contribution in [0.2, 0.25) is 0 Å². The predicted molar refractivity (Wildman–Crippen MR) is 70.1 cm³/mol. The van der Waals surface area contributed by atoms with E-state index in [0.717, 1.165) is 31.7 Å². The Labute approximate surface area is 107 Å².